The molecule has 2 N–H and O–H groups in total. The van der Waals surface area contributed by atoms with Crippen molar-refractivity contribution in [3.05, 3.63) is 45.3 Å². The predicted molar refractivity (Wildman–Crippen MR) is 93.3 cm³/mol. The summed E-state index contributed by atoms with van der Waals surface area (Å²) in [6.07, 6.45) is 2.43. The van der Waals surface area contributed by atoms with E-state index in [1.54, 1.807) is 0 Å². The van der Waals surface area contributed by atoms with Crippen LogP contribution < -0.4 is 5.73 Å². The van der Waals surface area contributed by atoms with Crippen LogP contribution in [0.5, 0.6) is 0 Å². The van der Waals surface area contributed by atoms with E-state index in [1.807, 2.05) is 18.2 Å². The molecule has 1 fully saturated rings. The number of aromatic nitrogens is 2. The standard InChI is InChI=1S/C16H13Br2N3/c17-9-1-5-12(13(19)7-9)16-20-14-8-10(18)2-6-15(14)21(16)11-3-4-11/h1-2,5-8,11H,3-4,19H2. The van der Waals surface area contributed by atoms with Crippen LogP contribution in [-0.4, -0.2) is 9.55 Å². The molecule has 106 valence electrons. The third-order valence-electron chi connectivity index (χ3n) is 3.82. The Morgan fingerprint density at radius 2 is 1.76 bits per heavy atom. The van der Waals surface area contributed by atoms with E-state index in [9.17, 15) is 0 Å². The summed E-state index contributed by atoms with van der Waals surface area (Å²) >= 11 is 6.98. The van der Waals surface area contributed by atoms with Crippen LogP contribution in [0, 0.1) is 0 Å². The number of hydrogen-bond donors (Lipinski definition) is 1. The van der Waals surface area contributed by atoms with Gasteiger partial charge in [-0.25, -0.2) is 4.98 Å². The molecule has 1 aliphatic carbocycles. The molecule has 0 amide bonds. The normalized spacial score (nSPS) is 14.8. The highest BCUT2D eigenvalue weighted by Crippen LogP contribution is 2.42. The molecule has 0 spiro atoms. The summed E-state index contributed by atoms with van der Waals surface area (Å²) < 4.78 is 4.37. The Kier molecular flexibility index (Phi) is 3.08. The first kappa shape index (κ1) is 13.3. The van der Waals surface area contributed by atoms with Gasteiger partial charge >= 0.3 is 0 Å². The van der Waals surface area contributed by atoms with Crippen LogP contribution in [0.1, 0.15) is 18.9 Å². The summed E-state index contributed by atoms with van der Waals surface area (Å²) in [7, 11) is 0. The van der Waals surface area contributed by atoms with E-state index in [4.69, 9.17) is 10.7 Å². The van der Waals surface area contributed by atoms with Crippen molar-refractivity contribution in [1.29, 1.82) is 0 Å². The number of nitrogens with two attached hydrogens (primary N) is 1. The minimum atomic E-state index is 0.550. The lowest BCUT2D eigenvalue weighted by atomic mass is 10.1. The monoisotopic (exact) mass is 405 g/mol. The van der Waals surface area contributed by atoms with Gasteiger partial charge in [0.1, 0.15) is 5.82 Å². The molecule has 0 aliphatic heterocycles. The lowest BCUT2D eigenvalue weighted by Crippen LogP contribution is -2.00. The molecule has 1 aliphatic rings. The van der Waals surface area contributed by atoms with Gasteiger partial charge in [0.2, 0.25) is 0 Å². The molecule has 0 bridgehead atoms. The Labute approximate surface area is 139 Å². The Morgan fingerprint density at radius 3 is 2.48 bits per heavy atom. The second-order valence-corrected chi connectivity index (χ2v) is 7.23. The van der Waals surface area contributed by atoms with Gasteiger partial charge in [-0.2, -0.15) is 0 Å². The van der Waals surface area contributed by atoms with Crippen molar-refractivity contribution in [2.75, 3.05) is 5.73 Å². The molecule has 2 aromatic carbocycles. The fourth-order valence-electron chi connectivity index (χ4n) is 2.70. The number of hydrogen-bond acceptors (Lipinski definition) is 2. The van der Waals surface area contributed by atoms with E-state index in [0.29, 0.717) is 6.04 Å². The van der Waals surface area contributed by atoms with Gasteiger partial charge in [0.25, 0.3) is 0 Å². The molecule has 3 aromatic rings. The first-order chi connectivity index (χ1) is 10.1. The number of benzene rings is 2. The number of imidazole rings is 1. The molecule has 0 unspecified atom stereocenters. The molecule has 0 radical (unpaired) electrons. The number of nitrogen functional groups attached to an aromatic ring is 1. The zero-order valence-corrected chi connectivity index (χ0v) is 14.4. The topological polar surface area (TPSA) is 43.8 Å². The second-order valence-electron chi connectivity index (χ2n) is 5.40. The molecule has 0 atom stereocenters. The molecule has 1 aromatic heterocycles. The summed E-state index contributed by atoms with van der Waals surface area (Å²) in [5, 5.41) is 0. The van der Waals surface area contributed by atoms with E-state index in [1.165, 1.54) is 18.4 Å². The number of nitrogens with zero attached hydrogens (tertiary/aromatic N) is 2. The Balaban J connectivity index is 2.01. The van der Waals surface area contributed by atoms with Gasteiger partial charge in [0, 0.05) is 26.2 Å². The Hall–Kier alpha value is -1.33. The quantitative estimate of drug-likeness (QED) is 0.598. The van der Waals surface area contributed by atoms with Gasteiger partial charge in [-0.1, -0.05) is 31.9 Å². The summed E-state index contributed by atoms with van der Waals surface area (Å²) in [6, 6.07) is 12.8. The van der Waals surface area contributed by atoms with Gasteiger partial charge in [0.05, 0.1) is 11.0 Å². The van der Waals surface area contributed by atoms with Crippen LogP contribution >= 0.6 is 31.9 Å². The van der Waals surface area contributed by atoms with Crippen LogP contribution in [0.15, 0.2) is 45.3 Å². The number of rotatable bonds is 2. The largest absolute Gasteiger partial charge is 0.398 e. The van der Waals surface area contributed by atoms with E-state index < -0.39 is 0 Å². The predicted octanol–water partition coefficient (Wildman–Crippen LogP) is 5.15. The first-order valence-corrected chi connectivity index (χ1v) is 8.45. The SMILES string of the molecule is Nc1cc(Br)ccc1-c1nc2cc(Br)ccc2n1C1CC1. The van der Waals surface area contributed by atoms with Gasteiger partial charge in [-0.15, -0.1) is 0 Å². The fraction of sp³-hybridized carbons (Fsp3) is 0.188. The molecule has 1 saturated carbocycles. The van der Waals surface area contributed by atoms with Gasteiger partial charge in [-0.3, -0.25) is 0 Å². The lowest BCUT2D eigenvalue weighted by molar-refractivity contribution is 0.775. The maximum absolute atomic E-state index is 6.20. The smallest absolute Gasteiger partial charge is 0.143 e. The maximum atomic E-state index is 6.20. The summed E-state index contributed by atoms with van der Waals surface area (Å²) in [6.45, 7) is 0. The number of fused-ring (bicyclic) bond motifs is 1. The summed E-state index contributed by atoms with van der Waals surface area (Å²) in [5.41, 5.74) is 10.1. The summed E-state index contributed by atoms with van der Waals surface area (Å²) in [4.78, 5) is 4.83. The van der Waals surface area contributed by atoms with Crippen LogP contribution in [0.25, 0.3) is 22.4 Å². The lowest BCUT2D eigenvalue weighted by Gasteiger charge is -2.10. The Bertz CT molecular complexity index is 850. The first-order valence-electron chi connectivity index (χ1n) is 6.86. The third kappa shape index (κ3) is 2.28. The average Bonchev–Trinajstić information content (AvgIpc) is 3.20. The van der Waals surface area contributed by atoms with Crippen molar-refractivity contribution in [2.45, 2.75) is 18.9 Å². The van der Waals surface area contributed by atoms with Crippen LogP contribution in [0.2, 0.25) is 0 Å². The fourth-order valence-corrected chi connectivity index (χ4v) is 3.43. The van der Waals surface area contributed by atoms with Gasteiger partial charge in [0.15, 0.2) is 0 Å². The highest BCUT2D eigenvalue weighted by molar-refractivity contribution is 9.10. The Morgan fingerprint density at radius 1 is 1.05 bits per heavy atom. The highest BCUT2D eigenvalue weighted by atomic mass is 79.9. The minimum Gasteiger partial charge on any atom is -0.398 e. The molecule has 3 nitrogen and oxygen atoms in total. The molecule has 0 saturated heterocycles. The van der Waals surface area contributed by atoms with Crippen molar-refractivity contribution in [3.63, 3.8) is 0 Å². The minimum absolute atomic E-state index is 0.550. The van der Waals surface area contributed by atoms with Gasteiger partial charge in [-0.05, 0) is 49.2 Å². The van der Waals surface area contributed by atoms with E-state index in [2.05, 4.69) is 54.6 Å². The van der Waals surface area contributed by atoms with Crippen molar-refractivity contribution in [2.24, 2.45) is 0 Å². The van der Waals surface area contributed by atoms with Crippen LogP contribution in [0.4, 0.5) is 5.69 Å². The van der Waals surface area contributed by atoms with Crippen LogP contribution in [0.3, 0.4) is 0 Å². The molecule has 21 heavy (non-hydrogen) atoms. The van der Waals surface area contributed by atoms with Crippen molar-refractivity contribution in [1.82, 2.24) is 9.55 Å². The molecule has 1 heterocycles. The third-order valence-corrected chi connectivity index (χ3v) is 4.80. The molecular weight excluding hydrogens is 394 g/mol. The van der Waals surface area contributed by atoms with E-state index >= 15 is 0 Å². The number of halogens is 2. The highest BCUT2D eigenvalue weighted by Gasteiger charge is 2.29. The van der Waals surface area contributed by atoms with Crippen molar-refractivity contribution in [3.8, 4) is 11.4 Å². The van der Waals surface area contributed by atoms with Crippen molar-refractivity contribution >= 4 is 48.6 Å². The van der Waals surface area contributed by atoms with Crippen molar-refractivity contribution < 1.29 is 0 Å². The average molecular weight is 407 g/mol. The molecular formula is C16H13Br2N3. The van der Waals surface area contributed by atoms with Gasteiger partial charge < -0.3 is 10.3 Å². The molecule has 5 heteroatoms. The zero-order chi connectivity index (χ0) is 14.6. The second kappa shape index (κ2) is 4.85. The maximum Gasteiger partial charge on any atom is 0.143 e. The van der Waals surface area contributed by atoms with E-state index in [-0.39, 0.29) is 0 Å². The zero-order valence-electron chi connectivity index (χ0n) is 11.2. The van der Waals surface area contributed by atoms with E-state index in [0.717, 1.165) is 31.5 Å². The molecule has 4 rings (SSSR count). The summed E-state index contributed by atoms with van der Waals surface area (Å²) in [5.74, 6) is 0.968. The van der Waals surface area contributed by atoms with Crippen LogP contribution in [-0.2, 0) is 0 Å². The number of anilines is 1.